The first kappa shape index (κ1) is 24.9. The molecule has 0 saturated heterocycles. The number of aromatic nitrogens is 1. The lowest BCUT2D eigenvalue weighted by Crippen LogP contribution is -2.36. The van der Waals surface area contributed by atoms with E-state index in [1.807, 2.05) is 32.0 Å². The van der Waals surface area contributed by atoms with Crippen LogP contribution in [0.1, 0.15) is 30.5 Å². The topological polar surface area (TPSA) is 84.1 Å². The summed E-state index contributed by atoms with van der Waals surface area (Å²) in [5.41, 5.74) is 1.85. The lowest BCUT2D eigenvalue weighted by molar-refractivity contribution is -0.116. The first-order valence-corrected chi connectivity index (χ1v) is 11.2. The fourth-order valence-electron chi connectivity index (χ4n) is 3.40. The lowest BCUT2D eigenvalue weighted by Gasteiger charge is -2.10. The molecule has 9 heteroatoms. The monoisotopic (exact) mass is 483 g/mol. The Kier molecular flexibility index (Phi) is 7.64. The van der Waals surface area contributed by atoms with Crippen LogP contribution >= 0.6 is 11.3 Å². The second-order valence-corrected chi connectivity index (χ2v) is 8.91. The first-order chi connectivity index (χ1) is 16.1. The van der Waals surface area contributed by atoms with Gasteiger partial charge in [0.25, 0.3) is 11.5 Å². The van der Waals surface area contributed by atoms with Crippen LogP contribution in [0.5, 0.6) is 5.75 Å². The normalized spacial score (nSPS) is 12.6. The van der Waals surface area contributed by atoms with E-state index in [0.717, 1.165) is 22.5 Å². The van der Waals surface area contributed by atoms with Gasteiger partial charge in [0.15, 0.2) is 5.57 Å². The Morgan fingerprint density at radius 2 is 1.91 bits per heavy atom. The number of carbonyl (C=O) groups is 1. The number of carbonyl (C=O) groups excluding carboxylic acids is 1. The Morgan fingerprint density at radius 1 is 1.21 bits per heavy atom. The van der Waals surface area contributed by atoms with E-state index in [1.54, 1.807) is 38.1 Å². The van der Waals surface area contributed by atoms with E-state index in [9.17, 15) is 23.6 Å². The van der Waals surface area contributed by atoms with Gasteiger partial charge in [-0.05, 0) is 51.5 Å². The quantitative estimate of drug-likeness (QED) is 0.584. The van der Waals surface area contributed by atoms with Crippen molar-refractivity contribution in [1.82, 2.24) is 9.88 Å². The molecule has 0 aliphatic carbocycles. The molecule has 1 N–H and O–H groups in total. The third-order valence-corrected chi connectivity index (χ3v) is 5.90. The molecule has 0 aliphatic rings. The van der Waals surface area contributed by atoms with Crippen LogP contribution in [-0.4, -0.2) is 23.1 Å². The lowest BCUT2D eigenvalue weighted by atomic mass is 10.1. The van der Waals surface area contributed by atoms with E-state index in [2.05, 4.69) is 10.1 Å². The molecular formula is C25H23F2N3O3S. The molecule has 0 unspecified atom stereocenters. The molecule has 0 spiro atoms. The minimum Gasteiger partial charge on any atom is -0.434 e. The van der Waals surface area contributed by atoms with Crippen molar-refractivity contribution in [2.75, 3.05) is 0 Å². The van der Waals surface area contributed by atoms with Gasteiger partial charge in [-0.3, -0.25) is 14.2 Å². The highest BCUT2D eigenvalue weighted by atomic mass is 32.1. The average molecular weight is 484 g/mol. The summed E-state index contributed by atoms with van der Waals surface area (Å²) in [5, 5.41) is 12.5. The van der Waals surface area contributed by atoms with Gasteiger partial charge in [0.05, 0.1) is 10.2 Å². The van der Waals surface area contributed by atoms with Crippen LogP contribution in [0.2, 0.25) is 0 Å². The van der Waals surface area contributed by atoms with E-state index in [-0.39, 0.29) is 32.1 Å². The van der Waals surface area contributed by atoms with Crippen molar-refractivity contribution in [3.63, 3.8) is 0 Å². The number of nitrogens with zero attached hydrogens (tertiary/aromatic N) is 2. The predicted molar refractivity (Wildman–Crippen MR) is 128 cm³/mol. The fourth-order valence-corrected chi connectivity index (χ4v) is 4.49. The minimum atomic E-state index is -3.03. The van der Waals surface area contributed by atoms with Crippen molar-refractivity contribution in [2.24, 2.45) is 0 Å². The smallest absolute Gasteiger partial charge is 0.387 e. The summed E-state index contributed by atoms with van der Waals surface area (Å²) in [7, 11) is 0. The van der Waals surface area contributed by atoms with Gasteiger partial charge in [-0.2, -0.15) is 14.0 Å². The number of benzene rings is 2. The zero-order valence-electron chi connectivity index (χ0n) is 19.1. The molecule has 34 heavy (non-hydrogen) atoms. The molecule has 0 fully saturated rings. The van der Waals surface area contributed by atoms with Gasteiger partial charge >= 0.3 is 6.61 Å². The minimum absolute atomic E-state index is 0.0908. The van der Waals surface area contributed by atoms with Crippen LogP contribution < -0.4 is 24.8 Å². The summed E-state index contributed by atoms with van der Waals surface area (Å²) in [5.74, 6) is -0.697. The molecule has 1 amide bonds. The zero-order chi connectivity index (χ0) is 25.0. The number of para-hydroxylation sites is 1. The Morgan fingerprint density at radius 3 is 2.53 bits per heavy atom. The van der Waals surface area contributed by atoms with E-state index in [4.69, 9.17) is 0 Å². The number of hydrogen-bond acceptors (Lipinski definition) is 5. The van der Waals surface area contributed by atoms with Gasteiger partial charge in [-0.1, -0.05) is 35.9 Å². The van der Waals surface area contributed by atoms with Crippen molar-refractivity contribution in [3.05, 3.63) is 78.7 Å². The molecular weight excluding hydrogens is 460 g/mol. The second kappa shape index (κ2) is 10.4. The molecule has 1 heterocycles. The number of hydrogen-bond donors (Lipinski definition) is 1. The number of rotatable bonds is 6. The number of thiazole rings is 1. The molecule has 176 valence electrons. The van der Waals surface area contributed by atoms with Crippen LogP contribution in [-0.2, 0) is 4.79 Å². The van der Waals surface area contributed by atoms with E-state index < -0.39 is 18.1 Å². The molecule has 0 radical (unpaired) electrons. The number of alkyl halides is 2. The van der Waals surface area contributed by atoms with Crippen molar-refractivity contribution >= 4 is 28.9 Å². The van der Waals surface area contributed by atoms with Crippen LogP contribution in [0.25, 0.3) is 17.3 Å². The first-order valence-electron chi connectivity index (χ1n) is 10.4. The average Bonchev–Trinajstić information content (AvgIpc) is 3.05. The van der Waals surface area contributed by atoms with Crippen molar-refractivity contribution in [1.29, 1.82) is 5.26 Å². The number of halogens is 2. The molecule has 3 rings (SSSR count). The summed E-state index contributed by atoms with van der Waals surface area (Å²) in [6.45, 7) is 4.23. The predicted octanol–water partition coefficient (Wildman–Crippen LogP) is 3.14. The number of aryl methyl sites for hydroxylation is 2. The summed E-state index contributed by atoms with van der Waals surface area (Å²) < 4.78 is 31.9. The Bertz CT molecular complexity index is 1450. The summed E-state index contributed by atoms with van der Waals surface area (Å²) in [6.07, 6.45) is 1.42. The summed E-state index contributed by atoms with van der Waals surface area (Å²) >= 11 is 0.936. The third kappa shape index (κ3) is 5.41. The highest BCUT2D eigenvalue weighted by molar-refractivity contribution is 7.07. The van der Waals surface area contributed by atoms with Crippen LogP contribution in [0.15, 0.2) is 47.3 Å². The van der Waals surface area contributed by atoms with Gasteiger partial charge in [-0.25, -0.2) is 0 Å². The maximum Gasteiger partial charge on any atom is 0.387 e. The van der Waals surface area contributed by atoms with Gasteiger partial charge < -0.3 is 10.1 Å². The molecule has 0 aliphatic heterocycles. The highest BCUT2D eigenvalue weighted by Gasteiger charge is 2.19. The molecule has 2 aromatic carbocycles. The van der Waals surface area contributed by atoms with Crippen molar-refractivity contribution < 1.29 is 18.3 Å². The highest BCUT2D eigenvalue weighted by Crippen LogP contribution is 2.21. The molecule has 0 atom stereocenters. The molecule has 3 aromatic rings. The third-order valence-electron chi connectivity index (χ3n) is 4.81. The summed E-state index contributed by atoms with van der Waals surface area (Å²) in [4.78, 5) is 26.3. The molecule has 0 bridgehead atoms. The molecule has 1 aromatic heterocycles. The van der Waals surface area contributed by atoms with E-state index >= 15 is 0 Å². The molecule has 0 saturated carbocycles. The van der Waals surface area contributed by atoms with Gasteiger partial charge in [-0.15, -0.1) is 11.3 Å². The van der Waals surface area contributed by atoms with Crippen molar-refractivity contribution in [2.45, 2.75) is 40.3 Å². The maximum absolute atomic E-state index is 13.5. The van der Waals surface area contributed by atoms with Crippen LogP contribution in [0.4, 0.5) is 8.78 Å². The zero-order valence-corrected chi connectivity index (χ0v) is 19.9. The van der Waals surface area contributed by atoms with E-state index in [0.29, 0.717) is 5.69 Å². The fraction of sp³-hybridized carbons (Fsp3) is 0.240. The SMILES string of the molecule is Cc1ccc(-n2c(=O)/c(=C\c3ccccc3OC(F)F)s/c2=C(/C#N)C(=O)NC(C)C)c(C)c1. The van der Waals surface area contributed by atoms with E-state index in [1.165, 1.54) is 16.7 Å². The van der Waals surface area contributed by atoms with Crippen LogP contribution in [0.3, 0.4) is 0 Å². The van der Waals surface area contributed by atoms with Crippen LogP contribution in [0, 0.1) is 25.2 Å². The van der Waals surface area contributed by atoms with Gasteiger partial charge in [0.1, 0.15) is 16.5 Å². The number of ether oxygens (including phenoxy) is 1. The van der Waals surface area contributed by atoms with Gasteiger partial charge in [0, 0.05) is 11.6 Å². The largest absolute Gasteiger partial charge is 0.434 e. The number of nitrogens with one attached hydrogen (secondary N) is 1. The van der Waals surface area contributed by atoms with Crippen molar-refractivity contribution in [3.8, 4) is 17.5 Å². The number of nitriles is 1. The second-order valence-electron chi connectivity index (χ2n) is 7.88. The summed E-state index contributed by atoms with van der Waals surface area (Å²) in [6, 6.07) is 13.2. The standard InChI is InChI=1S/C25H23F2N3O3S/c1-14(2)29-22(31)18(13-28)24-30(19-10-9-15(3)11-16(19)4)23(32)21(34-24)12-17-7-5-6-8-20(17)33-25(26)27/h5-12,14,25H,1-4H3,(H,29,31)/b21-12+,24-18-. The number of amides is 1. The molecule has 6 nitrogen and oxygen atoms in total. The Hall–Kier alpha value is -3.77. The Balaban J connectivity index is 2.40. The maximum atomic E-state index is 13.5. The Labute approximate surface area is 199 Å². The van der Waals surface area contributed by atoms with Gasteiger partial charge in [0.2, 0.25) is 0 Å².